The maximum atomic E-state index is 10.5. The largest absolute Gasteiger partial charge is 0.466 e. The van der Waals surface area contributed by atoms with Crippen LogP contribution < -0.4 is 15.2 Å². The van der Waals surface area contributed by atoms with E-state index in [0.717, 1.165) is 24.1 Å². The molecule has 4 rings (SSSR count). The Hall–Kier alpha value is -2.31. The molecule has 6 heteroatoms. The van der Waals surface area contributed by atoms with E-state index < -0.39 is 6.10 Å². The van der Waals surface area contributed by atoms with Crippen LogP contribution in [-0.4, -0.2) is 29.3 Å². The molecule has 3 heterocycles. The van der Waals surface area contributed by atoms with Crippen LogP contribution in [-0.2, 0) is 13.1 Å². The molecule has 1 fully saturated rings. The highest BCUT2D eigenvalue weighted by molar-refractivity contribution is 5.73. The lowest BCUT2D eigenvalue weighted by Crippen LogP contribution is -3.13. The number of hydrogen-bond acceptors (Lipinski definition) is 3. The van der Waals surface area contributed by atoms with Crippen LogP contribution >= 0.6 is 0 Å². The minimum Gasteiger partial charge on any atom is -0.466 e. The van der Waals surface area contributed by atoms with E-state index in [0.29, 0.717) is 18.3 Å². The molecule has 138 valence electrons. The summed E-state index contributed by atoms with van der Waals surface area (Å²) in [7, 11) is 0. The quantitative estimate of drug-likeness (QED) is 0.575. The van der Waals surface area contributed by atoms with E-state index in [1.54, 1.807) is 23.3 Å². The topological polar surface area (TPSA) is 72.6 Å². The van der Waals surface area contributed by atoms with Gasteiger partial charge in [-0.15, -0.1) is 0 Å². The smallest absolute Gasteiger partial charge is 0.356 e. The second kappa shape index (κ2) is 7.51. The predicted molar refractivity (Wildman–Crippen MR) is 99.6 cm³/mol. The number of likely N-dealkylation sites (tertiary alicyclic amines) is 1. The molecule has 1 atom stereocenters. The van der Waals surface area contributed by atoms with Crippen molar-refractivity contribution in [3.63, 3.8) is 0 Å². The number of anilines is 1. The molecule has 26 heavy (non-hydrogen) atoms. The van der Waals surface area contributed by atoms with Gasteiger partial charge in [-0.2, -0.15) is 0 Å². The van der Waals surface area contributed by atoms with Crippen LogP contribution in [0.1, 0.15) is 31.1 Å². The number of quaternary nitrogens is 1. The van der Waals surface area contributed by atoms with Gasteiger partial charge in [-0.05, 0) is 43.5 Å². The Kier molecular flexibility index (Phi) is 4.95. The van der Waals surface area contributed by atoms with Crippen molar-refractivity contribution < 1.29 is 19.0 Å². The number of piperidine rings is 1. The van der Waals surface area contributed by atoms with Crippen molar-refractivity contribution in [2.24, 2.45) is 0 Å². The summed E-state index contributed by atoms with van der Waals surface area (Å²) in [6.07, 6.45) is 4.88. The molecule has 0 radical (unpaired) electrons. The Morgan fingerprint density at radius 3 is 2.73 bits per heavy atom. The van der Waals surface area contributed by atoms with Gasteiger partial charge in [0, 0.05) is 0 Å². The average molecular weight is 356 g/mol. The molecule has 4 N–H and O–H groups in total. The number of aliphatic hydroxyl groups is 1. The van der Waals surface area contributed by atoms with Crippen LogP contribution in [0.3, 0.4) is 0 Å². The van der Waals surface area contributed by atoms with Gasteiger partial charge < -0.3 is 14.4 Å². The third kappa shape index (κ3) is 3.34. The molecule has 6 nitrogen and oxygen atoms in total. The van der Waals surface area contributed by atoms with E-state index in [2.05, 4.69) is 16.7 Å². The highest BCUT2D eigenvalue weighted by atomic mass is 16.4. The second-order valence-corrected chi connectivity index (χ2v) is 7.20. The molecule has 0 unspecified atom stereocenters. The lowest BCUT2D eigenvalue weighted by atomic mass is 10.1. The van der Waals surface area contributed by atoms with E-state index in [4.69, 9.17) is 10.2 Å². The number of imidazole rings is 1. The van der Waals surface area contributed by atoms with Gasteiger partial charge in [0.15, 0.2) is 0 Å². The summed E-state index contributed by atoms with van der Waals surface area (Å²) in [5.74, 6) is 1.25. The number of rotatable bonds is 6. The average Bonchev–Trinajstić information content (AvgIpc) is 3.29. The lowest BCUT2D eigenvalue weighted by Gasteiger charge is -2.22. The number of nitrogen functional groups attached to an aromatic ring is 1. The van der Waals surface area contributed by atoms with Gasteiger partial charge in [-0.25, -0.2) is 9.13 Å². The zero-order valence-corrected chi connectivity index (χ0v) is 15.1. The summed E-state index contributed by atoms with van der Waals surface area (Å²) >= 11 is 0. The Morgan fingerprint density at radius 1 is 1.15 bits per heavy atom. The van der Waals surface area contributed by atoms with E-state index in [9.17, 15) is 5.11 Å². The third-order valence-corrected chi connectivity index (χ3v) is 5.49. The first-order valence-electron chi connectivity index (χ1n) is 9.55. The lowest BCUT2D eigenvalue weighted by molar-refractivity contribution is -0.905. The summed E-state index contributed by atoms with van der Waals surface area (Å²) in [6, 6.07) is 11.8. The molecule has 3 aromatic rings. The number of nitrogens with two attached hydrogens (primary N) is 1. The first-order valence-corrected chi connectivity index (χ1v) is 9.55. The second-order valence-electron chi connectivity index (χ2n) is 7.20. The fourth-order valence-corrected chi connectivity index (χ4v) is 4.06. The fourth-order valence-electron chi connectivity index (χ4n) is 4.06. The maximum absolute atomic E-state index is 10.5. The Bertz CT molecular complexity index is 850. The van der Waals surface area contributed by atoms with Crippen molar-refractivity contribution in [1.82, 2.24) is 4.57 Å². The van der Waals surface area contributed by atoms with E-state index in [-0.39, 0.29) is 0 Å². The van der Waals surface area contributed by atoms with E-state index >= 15 is 0 Å². The normalized spacial score (nSPS) is 17.0. The SMILES string of the molecule is Nc1n(CC[NH+]2CCCCC2)c2ccccc2[n+]1C[C@H](O)c1ccco1. The highest BCUT2D eigenvalue weighted by Crippen LogP contribution is 2.19. The predicted octanol–water partition coefficient (Wildman–Crippen LogP) is 0.906. The molecule has 1 aliphatic heterocycles. The number of hydrogen-bond donors (Lipinski definition) is 3. The number of benzene rings is 1. The first-order chi connectivity index (χ1) is 12.7. The minimum atomic E-state index is -0.718. The van der Waals surface area contributed by atoms with Gasteiger partial charge in [-0.3, -0.25) is 5.73 Å². The molecular weight excluding hydrogens is 328 g/mol. The summed E-state index contributed by atoms with van der Waals surface area (Å²) in [6.45, 7) is 4.88. The summed E-state index contributed by atoms with van der Waals surface area (Å²) in [4.78, 5) is 1.66. The van der Waals surface area contributed by atoms with Crippen LogP contribution in [0, 0.1) is 0 Å². The molecule has 2 aromatic heterocycles. The first kappa shape index (κ1) is 17.1. The van der Waals surface area contributed by atoms with Crippen LogP contribution in [0.2, 0.25) is 0 Å². The van der Waals surface area contributed by atoms with Gasteiger partial charge in [0.2, 0.25) is 0 Å². The molecule has 0 saturated carbocycles. The Labute approximate surface area is 153 Å². The number of nitrogens with one attached hydrogen (secondary N) is 1. The van der Waals surface area contributed by atoms with Crippen molar-refractivity contribution in [2.45, 2.75) is 38.5 Å². The number of para-hydroxylation sites is 2. The monoisotopic (exact) mass is 356 g/mol. The number of aliphatic hydroxyl groups excluding tert-OH is 1. The minimum absolute atomic E-state index is 0.378. The standard InChI is InChI=1S/C20H26N4O2/c21-20-23(13-12-22-10-4-1-5-11-22)16-7-2-3-8-17(16)24(20)15-18(25)19-9-6-14-26-19/h2-3,6-9,14,18,21,25H,1,4-5,10-13,15H2/p+2/t18-/m0/s1. The summed E-state index contributed by atoms with van der Waals surface area (Å²) in [5, 5.41) is 10.5. The van der Waals surface area contributed by atoms with Gasteiger partial charge in [0.25, 0.3) is 0 Å². The number of fused-ring (bicyclic) bond motifs is 1. The number of nitrogens with zero attached hydrogens (tertiary/aromatic N) is 2. The number of furan rings is 1. The van der Waals surface area contributed by atoms with Crippen molar-refractivity contribution >= 4 is 17.0 Å². The van der Waals surface area contributed by atoms with Gasteiger partial charge in [-0.1, -0.05) is 12.1 Å². The van der Waals surface area contributed by atoms with Crippen molar-refractivity contribution in [2.75, 3.05) is 25.4 Å². The van der Waals surface area contributed by atoms with Gasteiger partial charge in [0.1, 0.15) is 42.5 Å². The molecule has 1 aliphatic rings. The molecular formula is C20H28N4O2+2. The molecule has 0 bridgehead atoms. The van der Waals surface area contributed by atoms with Crippen LogP contribution in [0.5, 0.6) is 0 Å². The highest BCUT2D eigenvalue weighted by Gasteiger charge is 2.25. The summed E-state index contributed by atoms with van der Waals surface area (Å²) in [5.41, 5.74) is 8.67. The zero-order chi connectivity index (χ0) is 17.9. The molecule has 1 aromatic carbocycles. The molecule has 0 amide bonds. The van der Waals surface area contributed by atoms with Crippen molar-refractivity contribution in [3.8, 4) is 0 Å². The van der Waals surface area contributed by atoms with E-state index in [1.807, 2.05) is 16.7 Å². The summed E-state index contributed by atoms with van der Waals surface area (Å²) < 4.78 is 9.52. The third-order valence-electron chi connectivity index (χ3n) is 5.49. The maximum Gasteiger partial charge on any atom is 0.356 e. The molecule has 1 saturated heterocycles. The van der Waals surface area contributed by atoms with Crippen LogP contribution in [0.15, 0.2) is 47.1 Å². The molecule has 0 spiro atoms. The van der Waals surface area contributed by atoms with Crippen LogP contribution in [0.25, 0.3) is 11.0 Å². The van der Waals surface area contributed by atoms with Crippen molar-refractivity contribution in [3.05, 3.63) is 48.4 Å². The van der Waals surface area contributed by atoms with Gasteiger partial charge in [0.05, 0.1) is 19.4 Å². The Balaban J connectivity index is 1.60. The Morgan fingerprint density at radius 2 is 1.96 bits per heavy atom. The molecule has 0 aliphatic carbocycles. The van der Waals surface area contributed by atoms with E-state index in [1.165, 1.54) is 32.4 Å². The fraction of sp³-hybridized carbons (Fsp3) is 0.450. The number of aromatic nitrogens is 2. The zero-order valence-electron chi connectivity index (χ0n) is 15.1. The van der Waals surface area contributed by atoms with Crippen LogP contribution in [0.4, 0.5) is 5.95 Å². The van der Waals surface area contributed by atoms with Gasteiger partial charge >= 0.3 is 5.95 Å². The van der Waals surface area contributed by atoms with Crippen molar-refractivity contribution in [1.29, 1.82) is 0 Å².